The maximum Gasteiger partial charge on any atom is -0.0126 e. The monoisotopic (exact) mass is 148 g/mol. The molecule has 11 heavy (non-hydrogen) atoms. The van der Waals surface area contributed by atoms with E-state index in [9.17, 15) is 0 Å². The van der Waals surface area contributed by atoms with Crippen molar-refractivity contribution in [3.05, 3.63) is 35.8 Å². The van der Waals surface area contributed by atoms with Gasteiger partial charge in [-0.2, -0.15) is 0 Å². The van der Waals surface area contributed by atoms with Gasteiger partial charge in [-0.25, -0.2) is 0 Å². The van der Waals surface area contributed by atoms with Crippen LogP contribution in [0.4, 0.5) is 0 Å². The lowest BCUT2D eigenvalue weighted by Crippen LogP contribution is -1.96. The summed E-state index contributed by atoms with van der Waals surface area (Å²) in [7, 11) is 0. The Morgan fingerprint density at radius 2 is 1.55 bits per heavy atom. The van der Waals surface area contributed by atoms with Crippen molar-refractivity contribution in [2.75, 3.05) is 0 Å². The highest BCUT2D eigenvalue weighted by atomic mass is 14.1. The van der Waals surface area contributed by atoms with E-state index < -0.39 is 0 Å². The van der Waals surface area contributed by atoms with Gasteiger partial charge in [0.15, 0.2) is 0 Å². The highest BCUT2D eigenvalue weighted by Gasteiger charge is 2.01. The number of allylic oxidation sites excluding steroid dienone is 2. The van der Waals surface area contributed by atoms with E-state index in [2.05, 4.69) is 32.2 Å². The lowest BCUT2D eigenvalue weighted by atomic mass is 9.97. The zero-order valence-corrected chi connectivity index (χ0v) is 7.81. The number of hydrogen-bond acceptors (Lipinski definition) is 0. The van der Waals surface area contributed by atoms with Gasteiger partial charge in [0.05, 0.1) is 0 Å². The summed E-state index contributed by atoms with van der Waals surface area (Å²) >= 11 is 0. The molecule has 0 saturated heterocycles. The quantitative estimate of drug-likeness (QED) is 0.394. The minimum absolute atomic E-state index is 0.222. The SMILES string of the molecule is CC=C=CC=C=CC(C)(C)C. The second kappa shape index (κ2) is 4.79. The van der Waals surface area contributed by atoms with Crippen LogP contribution < -0.4 is 0 Å². The maximum atomic E-state index is 3.07. The molecule has 0 aliphatic rings. The highest BCUT2D eigenvalue weighted by Crippen LogP contribution is 2.12. The Labute approximate surface area is 69.6 Å². The zero-order valence-electron chi connectivity index (χ0n) is 7.81. The van der Waals surface area contributed by atoms with Gasteiger partial charge < -0.3 is 0 Å². The van der Waals surface area contributed by atoms with Crippen molar-refractivity contribution in [2.45, 2.75) is 27.7 Å². The van der Waals surface area contributed by atoms with Gasteiger partial charge in [-0.1, -0.05) is 20.8 Å². The molecule has 0 saturated carbocycles. The molecule has 0 bridgehead atoms. The van der Waals surface area contributed by atoms with Gasteiger partial charge in [-0.15, -0.1) is 11.5 Å². The van der Waals surface area contributed by atoms with Crippen LogP contribution in [0.5, 0.6) is 0 Å². The van der Waals surface area contributed by atoms with E-state index in [0.29, 0.717) is 0 Å². The van der Waals surface area contributed by atoms with E-state index in [-0.39, 0.29) is 5.41 Å². The average molecular weight is 148 g/mol. The van der Waals surface area contributed by atoms with Crippen molar-refractivity contribution >= 4 is 0 Å². The van der Waals surface area contributed by atoms with Crippen molar-refractivity contribution in [1.29, 1.82) is 0 Å². The molecule has 60 valence electrons. The lowest BCUT2D eigenvalue weighted by Gasteiger charge is -2.07. The maximum absolute atomic E-state index is 3.07. The van der Waals surface area contributed by atoms with Crippen LogP contribution in [0.1, 0.15) is 27.7 Å². The normalized spacial score (nSPS) is 9.09. The van der Waals surface area contributed by atoms with Gasteiger partial charge in [0.2, 0.25) is 0 Å². The van der Waals surface area contributed by atoms with Gasteiger partial charge >= 0.3 is 0 Å². The highest BCUT2D eigenvalue weighted by molar-refractivity contribution is 5.03. The van der Waals surface area contributed by atoms with Crippen LogP contribution in [0.25, 0.3) is 0 Å². The topological polar surface area (TPSA) is 0 Å². The molecular formula is C11H16. The molecule has 0 heteroatoms. The molecule has 0 aromatic carbocycles. The van der Waals surface area contributed by atoms with Crippen LogP contribution >= 0.6 is 0 Å². The molecule has 0 aromatic rings. The van der Waals surface area contributed by atoms with Crippen molar-refractivity contribution in [3.63, 3.8) is 0 Å². The summed E-state index contributed by atoms with van der Waals surface area (Å²) in [5, 5.41) is 0. The molecule has 0 nitrogen and oxygen atoms in total. The second-order valence-corrected chi connectivity index (χ2v) is 3.47. The van der Waals surface area contributed by atoms with Crippen LogP contribution in [0.2, 0.25) is 0 Å². The van der Waals surface area contributed by atoms with Crippen LogP contribution in [-0.2, 0) is 0 Å². The van der Waals surface area contributed by atoms with Gasteiger partial charge in [0, 0.05) is 0 Å². The zero-order chi connectivity index (χ0) is 8.74. The predicted octanol–water partition coefficient (Wildman–Crippen LogP) is 3.48. The summed E-state index contributed by atoms with van der Waals surface area (Å²) in [6.07, 6.45) is 7.63. The van der Waals surface area contributed by atoms with Crippen molar-refractivity contribution in [3.8, 4) is 0 Å². The largest absolute Gasteiger partial charge is 0.125 e. The molecule has 0 rings (SSSR count). The van der Waals surface area contributed by atoms with Crippen molar-refractivity contribution in [2.24, 2.45) is 5.41 Å². The fraction of sp³-hybridized carbons (Fsp3) is 0.455. The van der Waals surface area contributed by atoms with E-state index in [4.69, 9.17) is 0 Å². The van der Waals surface area contributed by atoms with E-state index >= 15 is 0 Å². The van der Waals surface area contributed by atoms with E-state index in [1.807, 2.05) is 31.2 Å². The summed E-state index contributed by atoms with van der Waals surface area (Å²) in [6.45, 7) is 8.38. The Morgan fingerprint density at radius 1 is 1.00 bits per heavy atom. The third-order valence-electron chi connectivity index (χ3n) is 0.959. The van der Waals surface area contributed by atoms with Crippen LogP contribution in [0.3, 0.4) is 0 Å². The summed E-state index contributed by atoms with van der Waals surface area (Å²) in [4.78, 5) is 0. The van der Waals surface area contributed by atoms with E-state index in [0.717, 1.165) is 0 Å². The number of rotatable bonds is 1. The standard InChI is InChI=1S/C11H16/c1-5-6-7-8-9-10-11(2,3)4/h5,7-8,10H,1-4H3. The second-order valence-electron chi connectivity index (χ2n) is 3.47. The summed E-state index contributed by atoms with van der Waals surface area (Å²) in [6, 6.07) is 0. The summed E-state index contributed by atoms with van der Waals surface area (Å²) < 4.78 is 0. The molecule has 0 radical (unpaired) electrons. The first-order valence-corrected chi connectivity index (χ1v) is 3.85. The molecule has 0 N–H and O–H groups in total. The molecule has 0 unspecified atom stereocenters. The first-order valence-electron chi connectivity index (χ1n) is 3.85. The lowest BCUT2D eigenvalue weighted by molar-refractivity contribution is 0.545. The van der Waals surface area contributed by atoms with Crippen LogP contribution in [0.15, 0.2) is 35.8 Å². The Balaban J connectivity index is 4.13. The first kappa shape index (κ1) is 10.0. The third-order valence-corrected chi connectivity index (χ3v) is 0.959. The van der Waals surface area contributed by atoms with Gasteiger partial charge in [0.1, 0.15) is 0 Å². The first-order chi connectivity index (χ1) is 5.06. The predicted molar refractivity (Wildman–Crippen MR) is 50.4 cm³/mol. The van der Waals surface area contributed by atoms with Gasteiger partial charge in [-0.05, 0) is 36.6 Å². The van der Waals surface area contributed by atoms with E-state index in [1.165, 1.54) is 0 Å². The molecule has 0 aromatic heterocycles. The van der Waals surface area contributed by atoms with E-state index in [1.54, 1.807) is 0 Å². The van der Waals surface area contributed by atoms with Crippen molar-refractivity contribution in [1.82, 2.24) is 0 Å². The molecule has 0 heterocycles. The molecule has 0 amide bonds. The summed E-state index contributed by atoms with van der Waals surface area (Å²) in [5.41, 5.74) is 6.24. The molecule has 0 atom stereocenters. The van der Waals surface area contributed by atoms with Crippen LogP contribution in [-0.4, -0.2) is 0 Å². The fourth-order valence-corrected chi connectivity index (χ4v) is 0.491. The van der Waals surface area contributed by atoms with Crippen molar-refractivity contribution < 1.29 is 0 Å². The average Bonchev–Trinajstić information content (AvgIpc) is 1.85. The van der Waals surface area contributed by atoms with Gasteiger partial charge in [-0.3, -0.25) is 0 Å². The van der Waals surface area contributed by atoms with Gasteiger partial charge in [0.25, 0.3) is 0 Å². The molecular weight excluding hydrogens is 132 g/mol. The van der Waals surface area contributed by atoms with Crippen LogP contribution in [0, 0.1) is 5.41 Å². The smallest absolute Gasteiger partial charge is 0.0126 e. The minimum Gasteiger partial charge on any atom is -0.125 e. The molecule has 0 fully saturated rings. The molecule has 0 aliphatic carbocycles. The molecule has 0 spiro atoms. The third kappa shape index (κ3) is 9.04. The summed E-state index contributed by atoms with van der Waals surface area (Å²) in [5.74, 6) is 0. The number of hydrogen-bond donors (Lipinski definition) is 0. The molecule has 0 aliphatic heterocycles. The Morgan fingerprint density at radius 3 is 2.00 bits per heavy atom. The Hall–Kier alpha value is -0.960. The Bertz CT molecular complexity index is 211. The Kier molecular flexibility index (Phi) is 4.38. The fourth-order valence-electron chi connectivity index (χ4n) is 0.491. The minimum atomic E-state index is 0.222.